The second-order valence-electron chi connectivity index (χ2n) is 5.86. The summed E-state index contributed by atoms with van der Waals surface area (Å²) in [6.45, 7) is 4.67. The van der Waals surface area contributed by atoms with Crippen molar-refractivity contribution in [2.24, 2.45) is 5.41 Å². The Hall–Kier alpha value is -1.46. The predicted octanol–water partition coefficient (Wildman–Crippen LogP) is 2.97. The van der Waals surface area contributed by atoms with E-state index in [2.05, 4.69) is 6.92 Å². The number of nitrogens with zero attached hydrogens (tertiary/aromatic N) is 2. The topological polar surface area (TPSA) is 59.1 Å². The molecular weight excluding hydrogens is 272 g/mol. The van der Waals surface area contributed by atoms with Crippen molar-refractivity contribution < 1.29 is 19.1 Å². The summed E-state index contributed by atoms with van der Waals surface area (Å²) in [6.07, 6.45) is 2.96. The lowest BCUT2D eigenvalue weighted by molar-refractivity contribution is 0.00398. The van der Waals surface area contributed by atoms with Crippen LogP contribution in [0.1, 0.15) is 39.5 Å². The van der Waals surface area contributed by atoms with Gasteiger partial charge in [-0.1, -0.05) is 26.7 Å². The fourth-order valence-electron chi connectivity index (χ4n) is 1.81. The van der Waals surface area contributed by atoms with Gasteiger partial charge < -0.3 is 19.3 Å². The lowest BCUT2D eigenvalue weighted by Gasteiger charge is -2.32. The molecule has 0 atom stereocenters. The molecule has 0 aromatic heterocycles. The Labute approximate surface area is 128 Å². The summed E-state index contributed by atoms with van der Waals surface area (Å²) in [5.74, 6) is 0. The van der Waals surface area contributed by atoms with Gasteiger partial charge in [-0.2, -0.15) is 0 Å². The summed E-state index contributed by atoms with van der Waals surface area (Å²) in [5.41, 5.74) is -0.312. The van der Waals surface area contributed by atoms with Crippen LogP contribution in [0.2, 0.25) is 0 Å². The summed E-state index contributed by atoms with van der Waals surface area (Å²) in [7, 11) is 6.59. The number of carbonyl (C=O) groups excluding carboxylic acids is 2. The maximum atomic E-state index is 11.6. The average Bonchev–Trinajstić information content (AvgIpc) is 2.46. The first-order valence-electron chi connectivity index (χ1n) is 7.46. The van der Waals surface area contributed by atoms with Crippen molar-refractivity contribution in [1.29, 1.82) is 0 Å². The SMILES string of the molecule is CCCCC(CC)(COC(=O)N(C)C)COC(=O)N(C)C. The monoisotopic (exact) mass is 302 g/mol. The van der Waals surface area contributed by atoms with Gasteiger partial charge in [0.25, 0.3) is 0 Å². The largest absolute Gasteiger partial charge is 0.449 e. The highest BCUT2D eigenvalue weighted by atomic mass is 16.6. The number of hydrogen-bond donors (Lipinski definition) is 0. The number of unbranched alkanes of at least 4 members (excludes halogenated alkanes) is 1. The first kappa shape index (κ1) is 19.5. The van der Waals surface area contributed by atoms with E-state index in [-0.39, 0.29) is 30.8 Å². The first-order valence-corrected chi connectivity index (χ1v) is 7.46. The fourth-order valence-corrected chi connectivity index (χ4v) is 1.81. The van der Waals surface area contributed by atoms with E-state index in [0.29, 0.717) is 0 Å². The number of ether oxygens (including phenoxy) is 2. The minimum Gasteiger partial charge on any atom is -0.449 e. The summed E-state index contributed by atoms with van der Waals surface area (Å²) in [5, 5.41) is 0. The van der Waals surface area contributed by atoms with E-state index in [4.69, 9.17) is 9.47 Å². The molecule has 6 heteroatoms. The van der Waals surface area contributed by atoms with E-state index in [1.54, 1.807) is 28.2 Å². The van der Waals surface area contributed by atoms with E-state index < -0.39 is 0 Å². The molecule has 0 aromatic carbocycles. The quantitative estimate of drug-likeness (QED) is 0.691. The molecule has 0 aliphatic heterocycles. The van der Waals surface area contributed by atoms with Crippen LogP contribution in [-0.2, 0) is 9.47 Å². The lowest BCUT2D eigenvalue weighted by Crippen LogP contribution is -2.37. The molecule has 0 saturated heterocycles. The highest BCUT2D eigenvalue weighted by Gasteiger charge is 2.32. The van der Waals surface area contributed by atoms with Crippen LogP contribution in [0.4, 0.5) is 9.59 Å². The molecule has 0 aliphatic rings. The number of rotatable bonds is 8. The standard InChI is InChI=1S/C15H30N2O4/c1-7-9-10-15(8-2,11-20-13(18)16(3)4)12-21-14(19)17(5)6/h7-12H2,1-6H3. The Morgan fingerprint density at radius 1 is 0.905 bits per heavy atom. The van der Waals surface area contributed by atoms with Crippen molar-refractivity contribution in [3.8, 4) is 0 Å². The van der Waals surface area contributed by atoms with Gasteiger partial charge in [-0.15, -0.1) is 0 Å². The minimum atomic E-state index is -0.372. The summed E-state index contributed by atoms with van der Waals surface area (Å²) in [6, 6.07) is 0. The van der Waals surface area contributed by atoms with Crippen LogP contribution in [0.25, 0.3) is 0 Å². The average molecular weight is 302 g/mol. The van der Waals surface area contributed by atoms with Gasteiger partial charge in [0, 0.05) is 33.6 Å². The Morgan fingerprint density at radius 2 is 1.33 bits per heavy atom. The third-order valence-electron chi connectivity index (χ3n) is 3.54. The van der Waals surface area contributed by atoms with Crippen LogP contribution in [0.15, 0.2) is 0 Å². The maximum absolute atomic E-state index is 11.6. The van der Waals surface area contributed by atoms with E-state index >= 15 is 0 Å². The van der Waals surface area contributed by atoms with E-state index in [0.717, 1.165) is 25.7 Å². The van der Waals surface area contributed by atoms with Gasteiger partial charge in [0.2, 0.25) is 0 Å². The molecule has 0 heterocycles. The molecule has 0 N–H and O–H groups in total. The first-order chi connectivity index (χ1) is 9.78. The smallest absolute Gasteiger partial charge is 0.409 e. The number of carbonyl (C=O) groups is 2. The summed E-state index contributed by atoms with van der Waals surface area (Å²) < 4.78 is 10.7. The Balaban J connectivity index is 4.73. The van der Waals surface area contributed by atoms with E-state index in [1.807, 2.05) is 6.92 Å². The van der Waals surface area contributed by atoms with Crippen molar-refractivity contribution in [1.82, 2.24) is 9.80 Å². The van der Waals surface area contributed by atoms with E-state index in [9.17, 15) is 9.59 Å². The molecule has 6 nitrogen and oxygen atoms in total. The van der Waals surface area contributed by atoms with Gasteiger partial charge >= 0.3 is 12.2 Å². The number of amides is 2. The van der Waals surface area contributed by atoms with Crippen molar-refractivity contribution in [2.75, 3.05) is 41.4 Å². The molecule has 0 aliphatic carbocycles. The number of hydrogen-bond acceptors (Lipinski definition) is 4. The van der Waals surface area contributed by atoms with Crippen molar-refractivity contribution in [3.05, 3.63) is 0 Å². The minimum absolute atomic E-state index is 0.265. The molecule has 0 rings (SSSR count). The molecule has 0 radical (unpaired) electrons. The van der Waals surface area contributed by atoms with Crippen LogP contribution in [0.5, 0.6) is 0 Å². The van der Waals surface area contributed by atoms with Crippen LogP contribution in [0, 0.1) is 5.41 Å². The molecule has 0 spiro atoms. The predicted molar refractivity (Wildman–Crippen MR) is 82.3 cm³/mol. The molecule has 0 unspecified atom stereocenters. The van der Waals surface area contributed by atoms with Crippen molar-refractivity contribution in [2.45, 2.75) is 39.5 Å². The molecule has 0 fully saturated rings. The summed E-state index contributed by atoms with van der Waals surface area (Å²) in [4.78, 5) is 26.0. The zero-order valence-electron chi connectivity index (χ0n) is 14.3. The van der Waals surface area contributed by atoms with Gasteiger partial charge in [0.05, 0.1) is 0 Å². The highest BCUT2D eigenvalue weighted by molar-refractivity contribution is 5.67. The molecule has 0 saturated carbocycles. The van der Waals surface area contributed by atoms with Crippen LogP contribution < -0.4 is 0 Å². The molecule has 21 heavy (non-hydrogen) atoms. The molecular formula is C15H30N2O4. The normalized spacial score (nSPS) is 11.0. The van der Waals surface area contributed by atoms with Gasteiger partial charge in [-0.05, 0) is 12.8 Å². The Morgan fingerprint density at radius 3 is 1.62 bits per heavy atom. The van der Waals surface area contributed by atoms with Gasteiger partial charge in [0.15, 0.2) is 0 Å². The van der Waals surface area contributed by atoms with Crippen molar-refractivity contribution >= 4 is 12.2 Å². The molecule has 2 amide bonds. The fraction of sp³-hybridized carbons (Fsp3) is 0.867. The van der Waals surface area contributed by atoms with Gasteiger partial charge in [0.1, 0.15) is 13.2 Å². The zero-order chi connectivity index (χ0) is 16.5. The van der Waals surface area contributed by atoms with Crippen LogP contribution in [0.3, 0.4) is 0 Å². The molecule has 0 aromatic rings. The highest BCUT2D eigenvalue weighted by Crippen LogP contribution is 2.30. The van der Waals surface area contributed by atoms with Crippen molar-refractivity contribution in [3.63, 3.8) is 0 Å². The van der Waals surface area contributed by atoms with Crippen LogP contribution in [-0.4, -0.2) is 63.4 Å². The lowest BCUT2D eigenvalue weighted by atomic mass is 9.82. The molecule has 124 valence electrons. The van der Waals surface area contributed by atoms with Gasteiger partial charge in [-0.3, -0.25) is 0 Å². The third-order valence-corrected chi connectivity index (χ3v) is 3.54. The summed E-state index contributed by atoms with van der Waals surface area (Å²) >= 11 is 0. The maximum Gasteiger partial charge on any atom is 0.409 e. The van der Waals surface area contributed by atoms with Crippen LogP contribution >= 0.6 is 0 Å². The third kappa shape index (κ3) is 7.20. The Bertz CT molecular complexity index is 306. The van der Waals surface area contributed by atoms with Gasteiger partial charge in [-0.25, -0.2) is 9.59 Å². The molecule has 0 bridgehead atoms. The Kier molecular flexibility index (Phi) is 8.81. The van der Waals surface area contributed by atoms with E-state index in [1.165, 1.54) is 9.80 Å². The zero-order valence-corrected chi connectivity index (χ0v) is 14.3. The second kappa shape index (κ2) is 9.47. The second-order valence-corrected chi connectivity index (χ2v) is 5.86.